The van der Waals surface area contributed by atoms with Crippen molar-refractivity contribution in [1.82, 2.24) is 14.1 Å². The number of benzene rings is 2. The lowest BCUT2D eigenvalue weighted by atomic mass is 9.98. The molecule has 0 bridgehead atoms. The first kappa shape index (κ1) is 19.5. The Morgan fingerprint density at radius 3 is 2.37 bits per heavy atom. The topological polar surface area (TPSA) is 81.2 Å². The average molecular weight is 387 g/mol. The van der Waals surface area contributed by atoms with Crippen LogP contribution in [-0.4, -0.2) is 49.2 Å². The molecule has 0 spiro atoms. The van der Waals surface area contributed by atoms with Crippen LogP contribution in [0.5, 0.6) is 0 Å². The Balaban J connectivity index is 2.05. The van der Waals surface area contributed by atoms with Crippen molar-refractivity contribution >= 4 is 20.9 Å². The van der Waals surface area contributed by atoms with E-state index in [1.54, 1.807) is 30.5 Å². The van der Waals surface area contributed by atoms with Crippen molar-refractivity contribution in [3.8, 4) is 0 Å². The first-order chi connectivity index (χ1) is 12.8. The van der Waals surface area contributed by atoms with Gasteiger partial charge in [0.2, 0.25) is 0 Å². The summed E-state index contributed by atoms with van der Waals surface area (Å²) >= 11 is 0. The maximum atomic E-state index is 13.0. The van der Waals surface area contributed by atoms with Gasteiger partial charge < -0.3 is 10.6 Å². The van der Waals surface area contributed by atoms with Gasteiger partial charge in [-0.1, -0.05) is 23.8 Å². The molecule has 3 rings (SSSR count). The van der Waals surface area contributed by atoms with E-state index in [0.29, 0.717) is 12.1 Å². The van der Waals surface area contributed by atoms with Gasteiger partial charge in [0.25, 0.3) is 10.0 Å². The number of aromatic nitrogens is 2. The maximum Gasteiger partial charge on any atom is 0.283 e. The molecule has 1 unspecified atom stereocenters. The molecule has 0 amide bonds. The number of fused-ring (bicyclic) bond motifs is 1. The molecular formula is C20H26N4O2S. The summed E-state index contributed by atoms with van der Waals surface area (Å²) < 4.78 is 27.1. The van der Waals surface area contributed by atoms with Crippen molar-refractivity contribution in [3.63, 3.8) is 0 Å². The molecular weight excluding hydrogens is 360 g/mol. The van der Waals surface area contributed by atoms with E-state index in [1.807, 2.05) is 40.1 Å². The van der Waals surface area contributed by atoms with E-state index in [-0.39, 0.29) is 10.9 Å². The van der Waals surface area contributed by atoms with Gasteiger partial charge >= 0.3 is 0 Å². The third-order valence-corrected chi connectivity index (χ3v) is 6.72. The number of likely N-dealkylation sites (N-methyl/N-ethyl adjacent to an activating group) is 1. The van der Waals surface area contributed by atoms with Gasteiger partial charge in [-0.05, 0) is 63.7 Å². The van der Waals surface area contributed by atoms with Crippen LogP contribution in [0, 0.1) is 13.8 Å². The van der Waals surface area contributed by atoms with E-state index in [0.717, 1.165) is 32.6 Å². The molecule has 2 N–H and O–H groups in total. The second kappa shape index (κ2) is 7.42. The fraction of sp³-hybridized carbons (Fsp3) is 0.350. The summed E-state index contributed by atoms with van der Waals surface area (Å²) in [7, 11) is 0.291. The Hall–Kier alpha value is -2.22. The highest BCUT2D eigenvalue weighted by Gasteiger charge is 2.22. The molecule has 0 saturated carbocycles. The third kappa shape index (κ3) is 3.63. The molecule has 7 heteroatoms. The lowest BCUT2D eigenvalue weighted by Gasteiger charge is -2.23. The molecule has 1 aromatic heterocycles. The zero-order chi connectivity index (χ0) is 19.8. The molecule has 0 aliphatic heterocycles. The SMILES string of the molecule is Cc1ccc(S(=O)(=O)n2ncc3c(C)c(CC(CN)N(C)C)ccc32)cc1. The van der Waals surface area contributed by atoms with Gasteiger partial charge in [-0.25, -0.2) is 0 Å². The Bertz CT molecular complexity index is 1050. The predicted octanol–water partition coefficient (Wildman–Crippen LogP) is 2.32. The molecule has 0 radical (unpaired) electrons. The first-order valence-electron chi connectivity index (χ1n) is 8.90. The largest absolute Gasteiger partial charge is 0.329 e. The van der Waals surface area contributed by atoms with Gasteiger partial charge in [0.15, 0.2) is 0 Å². The molecule has 0 aliphatic carbocycles. The Kier molecular flexibility index (Phi) is 5.37. The highest BCUT2D eigenvalue weighted by atomic mass is 32.2. The highest BCUT2D eigenvalue weighted by Crippen LogP contribution is 2.26. The molecule has 0 fully saturated rings. The summed E-state index contributed by atoms with van der Waals surface area (Å²) in [5.41, 5.74) is 9.67. The lowest BCUT2D eigenvalue weighted by molar-refractivity contribution is 0.297. The van der Waals surface area contributed by atoms with Crippen molar-refractivity contribution in [2.45, 2.75) is 31.2 Å². The first-order valence-corrected chi connectivity index (χ1v) is 10.3. The van der Waals surface area contributed by atoms with Crippen LogP contribution in [0.1, 0.15) is 16.7 Å². The normalized spacial score (nSPS) is 13.4. The molecule has 3 aromatic rings. The van der Waals surface area contributed by atoms with Gasteiger partial charge in [-0.15, -0.1) is 0 Å². The Morgan fingerprint density at radius 1 is 1.11 bits per heavy atom. The summed E-state index contributed by atoms with van der Waals surface area (Å²) in [4.78, 5) is 2.34. The molecule has 1 atom stereocenters. The van der Waals surface area contributed by atoms with Gasteiger partial charge in [0.1, 0.15) is 0 Å². The van der Waals surface area contributed by atoms with Gasteiger partial charge in [-0.3, -0.25) is 0 Å². The molecule has 0 saturated heterocycles. The van der Waals surface area contributed by atoms with Gasteiger partial charge in [0, 0.05) is 18.0 Å². The van der Waals surface area contributed by atoms with Crippen molar-refractivity contribution in [2.75, 3.05) is 20.6 Å². The Morgan fingerprint density at radius 2 is 1.78 bits per heavy atom. The van der Waals surface area contributed by atoms with Crippen LogP contribution in [-0.2, 0) is 16.4 Å². The third-order valence-electron chi connectivity index (χ3n) is 5.11. The fourth-order valence-electron chi connectivity index (χ4n) is 3.21. The van der Waals surface area contributed by atoms with Crippen LogP contribution in [0.4, 0.5) is 0 Å². The summed E-state index contributed by atoms with van der Waals surface area (Å²) in [6.07, 6.45) is 2.44. The van der Waals surface area contributed by atoms with Crippen LogP contribution in [0.3, 0.4) is 0 Å². The summed E-state index contributed by atoms with van der Waals surface area (Å²) in [5.74, 6) is 0. The summed E-state index contributed by atoms with van der Waals surface area (Å²) in [6, 6.07) is 10.8. The smallest absolute Gasteiger partial charge is 0.283 e. The standard InChI is InChI=1S/C20H26N4O2S/c1-14-5-8-18(9-6-14)27(25,26)24-20-10-7-16(11-17(12-21)23(3)4)15(2)19(20)13-22-24/h5-10,13,17H,11-12,21H2,1-4H3. The number of aryl methyl sites for hydroxylation is 2. The average Bonchev–Trinajstić information content (AvgIpc) is 3.07. The van der Waals surface area contributed by atoms with Crippen LogP contribution >= 0.6 is 0 Å². The minimum Gasteiger partial charge on any atom is -0.329 e. The van der Waals surface area contributed by atoms with Crippen molar-refractivity contribution in [3.05, 3.63) is 59.3 Å². The second-order valence-electron chi connectivity index (χ2n) is 7.15. The number of rotatable bonds is 6. The summed E-state index contributed by atoms with van der Waals surface area (Å²) in [5, 5.41) is 5.04. The van der Waals surface area contributed by atoms with Crippen LogP contribution < -0.4 is 5.73 Å². The zero-order valence-electron chi connectivity index (χ0n) is 16.2. The molecule has 1 heterocycles. The number of hydrogen-bond donors (Lipinski definition) is 1. The van der Waals surface area contributed by atoms with Gasteiger partial charge in [-0.2, -0.15) is 17.6 Å². The van der Waals surface area contributed by atoms with Crippen molar-refractivity contribution in [1.29, 1.82) is 0 Å². The molecule has 6 nitrogen and oxygen atoms in total. The van der Waals surface area contributed by atoms with Crippen LogP contribution in [0.25, 0.3) is 10.9 Å². The molecule has 0 aliphatic rings. The highest BCUT2D eigenvalue weighted by molar-refractivity contribution is 7.90. The predicted molar refractivity (Wildman–Crippen MR) is 108 cm³/mol. The van der Waals surface area contributed by atoms with Crippen molar-refractivity contribution in [2.24, 2.45) is 5.73 Å². The Labute approximate surface area is 160 Å². The second-order valence-corrected chi connectivity index (χ2v) is 8.91. The zero-order valence-corrected chi connectivity index (χ0v) is 17.0. The number of nitrogens with zero attached hydrogens (tertiary/aromatic N) is 3. The molecule has 144 valence electrons. The van der Waals surface area contributed by atoms with E-state index < -0.39 is 10.0 Å². The van der Waals surface area contributed by atoms with E-state index >= 15 is 0 Å². The fourth-order valence-corrected chi connectivity index (χ4v) is 4.48. The van der Waals surface area contributed by atoms with Crippen molar-refractivity contribution < 1.29 is 8.42 Å². The minimum absolute atomic E-state index is 0.229. The van der Waals surface area contributed by atoms with Gasteiger partial charge in [0.05, 0.1) is 16.6 Å². The van der Waals surface area contributed by atoms with E-state index in [2.05, 4.69) is 10.00 Å². The maximum absolute atomic E-state index is 13.0. The van der Waals surface area contributed by atoms with Crippen LogP contribution in [0.15, 0.2) is 47.5 Å². The van der Waals surface area contributed by atoms with E-state index in [1.165, 1.54) is 0 Å². The lowest BCUT2D eigenvalue weighted by Crippen LogP contribution is -2.37. The summed E-state index contributed by atoms with van der Waals surface area (Å²) in [6.45, 7) is 4.49. The van der Waals surface area contributed by atoms with Crippen LogP contribution in [0.2, 0.25) is 0 Å². The molecule has 2 aromatic carbocycles. The number of nitrogens with two attached hydrogens (primary N) is 1. The number of hydrogen-bond acceptors (Lipinski definition) is 5. The monoisotopic (exact) mass is 386 g/mol. The van der Waals surface area contributed by atoms with E-state index in [9.17, 15) is 8.42 Å². The van der Waals surface area contributed by atoms with E-state index in [4.69, 9.17) is 5.73 Å². The minimum atomic E-state index is -3.73. The molecule has 27 heavy (non-hydrogen) atoms. The quantitative estimate of drug-likeness (QED) is 0.703.